The van der Waals surface area contributed by atoms with Crippen molar-refractivity contribution in [3.05, 3.63) is 71.9 Å². The van der Waals surface area contributed by atoms with Crippen molar-refractivity contribution in [3.63, 3.8) is 0 Å². The van der Waals surface area contributed by atoms with Crippen molar-refractivity contribution in [1.82, 2.24) is 14.6 Å². The number of benzene rings is 2. The highest BCUT2D eigenvalue weighted by Crippen LogP contribution is 2.37. The number of anilines is 2. The van der Waals surface area contributed by atoms with E-state index in [2.05, 4.69) is 15.2 Å². The first kappa shape index (κ1) is 23.6. The van der Waals surface area contributed by atoms with E-state index in [0.29, 0.717) is 24.5 Å². The summed E-state index contributed by atoms with van der Waals surface area (Å²) in [5.41, 5.74) is 1.44. The summed E-state index contributed by atoms with van der Waals surface area (Å²) >= 11 is 0. The maximum Gasteiger partial charge on any atom is 0.419 e. The number of fused-ring (bicyclic) bond motifs is 1. The lowest BCUT2D eigenvalue weighted by atomic mass is 10.1. The summed E-state index contributed by atoms with van der Waals surface area (Å²) in [6, 6.07) is 13.9. The van der Waals surface area contributed by atoms with Gasteiger partial charge in [-0.15, -0.1) is 5.10 Å². The Balaban J connectivity index is 1.42. The number of alkyl halides is 3. The fraction of sp³-hybridized carbons (Fsp3) is 0.240. The summed E-state index contributed by atoms with van der Waals surface area (Å²) in [4.78, 5) is 19.3. The lowest BCUT2D eigenvalue weighted by Gasteiger charge is -2.26. The van der Waals surface area contributed by atoms with Gasteiger partial charge in [-0.1, -0.05) is 12.1 Å². The van der Waals surface area contributed by atoms with Crippen molar-refractivity contribution in [2.24, 2.45) is 0 Å². The van der Waals surface area contributed by atoms with E-state index in [1.54, 1.807) is 28.9 Å². The van der Waals surface area contributed by atoms with Gasteiger partial charge in [-0.2, -0.15) is 13.2 Å². The molecule has 1 saturated heterocycles. The third-order valence-corrected chi connectivity index (χ3v) is 5.86. The Morgan fingerprint density at radius 1 is 1.08 bits per heavy atom. The van der Waals surface area contributed by atoms with Crippen molar-refractivity contribution >= 4 is 23.1 Å². The Morgan fingerprint density at radius 2 is 1.89 bits per heavy atom. The zero-order valence-corrected chi connectivity index (χ0v) is 19.2. The molecule has 0 unspecified atom stereocenters. The van der Waals surface area contributed by atoms with Crippen LogP contribution < -0.4 is 15.0 Å². The Labute approximate surface area is 204 Å². The van der Waals surface area contributed by atoms with E-state index in [1.165, 1.54) is 6.07 Å². The summed E-state index contributed by atoms with van der Waals surface area (Å²) < 4.78 is 52.0. The minimum atomic E-state index is -4.65. The molecule has 0 saturated carbocycles. The van der Waals surface area contributed by atoms with E-state index < -0.39 is 17.6 Å². The van der Waals surface area contributed by atoms with E-state index >= 15 is 0 Å². The number of aromatic nitrogens is 3. The third kappa shape index (κ3) is 4.69. The van der Waals surface area contributed by atoms with E-state index in [4.69, 9.17) is 14.6 Å². The van der Waals surface area contributed by atoms with Crippen LogP contribution >= 0.6 is 0 Å². The molecule has 0 spiro atoms. The van der Waals surface area contributed by atoms with Gasteiger partial charge in [0.05, 0.1) is 31.6 Å². The number of ether oxygens (including phenoxy) is 2. The van der Waals surface area contributed by atoms with Gasteiger partial charge in [0.15, 0.2) is 11.5 Å². The lowest BCUT2D eigenvalue weighted by molar-refractivity contribution is -0.138. The predicted molar refractivity (Wildman–Crippen MR) is 127 cm³/mol. The number of halogens is 3. The molecule has 3 heterocycles. The SMILES string of the molecule is COc1ccc(C(=O)Nc2cccc(-c3ccnc4cc(N5CCOCC5)nn34)c2)cc1C(F)(F)F. The molecular formula is C25H22F3N5O3. The lowest BCUT2D eigenvalue weighted by Crippen LogP contribution is -2.36. The topological polar surface area (TPSA) is 81.0 Å². The Bertz CT molecular complexity index is 1410. The highest BCUT2D eigenvalue weighted by molar-refractivity contribution is 6.04. The molecule has 36 heavy (non-hydrogen) atoms. The van der Waals surface area contributed by atoms with Gasteiger partial charge in [0, 0.05) is 42.2 Å². The minimum absolute atomic E-state index is 0.137. The average Bonchev–Trinajstić information content (AvgIpc) is 3.33. The number of morpholine rings is 1. The number of nitrogens with zero attached hydrogens (tertiary/aromatic N) is 4. The maximum absolute atomic E-state index is 13.4. The Hall–Kier alpha value is -4.12. The predicted octanol–water partition coefficient (Wildman–Crippen LogP) is 4.51. The minimum Gasteiger partial charge on any atom is -0.496 e. The van der Waals surface area contributed by atoms with Gasteiger partial charge in [0.25, 0.3) is 5.91 Å². The largest absolute Gasteiger partial charge is 0.496 e. The summed E-state index contributed by atoms with van der Waals surface area (Å²) in [6.07, 6.45) is -2.98. The first-order chi connectivity index (χ1) is 17.3. The summed E-state index contributed by atoms with van der Waals surface area (Å²) in [5.74, 6) is -0.227. The molecule has 2 aromatic heterocycles. The van der Waals surface area contributed by atoms with Gasteiger partial charge in [0.2, 0.25) is 0 Å². The normalized spacial score (nSPS) is 14.2. The van der Waals surface area contributed by atoms with Crippen molar-refractivity contribution in [2.45, 2.75) is 6.18 Å². The van der Waals surface area contributed by atoms with Gasteiger partial charge < -0.3 is 19.7 Å². The molecule has 1 N–H and O–H groups in total. The highest BCUT2D eigenvalue weighted by Gasteiger charge is 2.35. The van der Waals surface area contributed by atoms with Gasteiger partial charge in [-0.3, -0.25) is 4.79 Å². The van der Waals surface area contributed by atoms with E-state index in [0.717, 1.165) is 49.4 Å². The monoisotopic (exact) mass is 497 g/mol. The molecule has 0 radical (unpaired) electrons. The van der Waals surface area contributed by atoms with E-state index in [1.807, 2.05) is 18.2 Å². The second-order valence-electron chi connectivity index (χ2n) is 8.15. The van der Waals surface area contributed by atoms with E-state index in [-0.39, 0.29) is 11.3 Å². The number of carbonyl (C=O) groups is 1. The second-order valence-corrected chi connectivity index (χ2v) is 8.15. The molecule has 5 rings (SSSR count). The van der Waals surface area contributed by atoms with Crippen LogP contribution in [-0.2, 0) is 10.9 Å². The van der Waals surface area contributed by atoms with Crippen LogP contribution in [0.4, 0.5) is 24.7 Å². The molecule has 1 aliphatic heterocycles. The van der Waals surface area contributed by atoms with Crippen molar-refractivity contribution in [1.29, 1.82) is 0 Å². The van der Waals surface area contributed by atoms with Gasteiger partial charge >= 0.3 is 6.18 Å². The quantitative estimate of drug-likeness (QED) is 0.437. The smallest absolute Gasteiger partial charge is 0.419 e. The molecule has 0 bridgehead atoms. The number of hydrogen-bond acceptors (Lipinski definition) is 6. The van der Waals surface area contributed by atoms with Crippen molar-refractivity contribution in [3.8, 4) is 17.0 Å². The summed E-state index contributed by atoms with van der Waals surface area (Å²) in [5, 5.41) is 7.39. The molecule has 1 amide bonds. The van der Waals surface area contributed by atoms with Crippen molar-refractivity contribution < 1.29 is 27.4 Å². The fourth-order valence-corrected chi connectivity index (χ4v) is 4.08. The van der Waals surface area contributed by atoms with Crippen LogP contribution in [0.3, 0.4) is 0 Å². The fourth-order valence-electron chi connectivity index (χ4n) is 4.08. The molecular weight excluding hydrogens is 475 g/mol. The highest BCUT2D eigenvalue weighted by atomic mass is 19.4. The first-order valence-corrected chi connectivity index (χ1v) is 11.2. The summed E-state index contributed by atoms with van der Waals surface area (Å²) in [7, 11) is 1.15. The number of methoxy groups -OCH3 is 1. The van der Waals surface area contributed by atoms with Crippen LogP contribution in [0.2, 0.25) is 0 Å². The molecule has 0 atom stereocenters. The van der Waals surface area contributed by atoms with E-state index in [9.17, 15) is 18.0 Å². The number of rotatable bonds is 5. The molecule has 0 aliphatic carbocycles. The van der Waals surface area contributed by atoms with Crippen LogP contribution in [-0.4, -0.2) is 53.9 Å². The number of hydrogen-bond donors (Lipinski definition) is 1. The van der Waals surface area contributed by atoms with Crippen molar-refractivity contribution in [2.75, 3.05) is 43.6 Å². The number of amides is 1. The second kappa shape index (κ2) is 9.50. The molecule has 11 heteroatoms. The standard InChI is InChI=1S/C25H22F3N5O3/c1-35-21-6-5-17(14-19(21)25(26,27)28)24(34)30-18-4-2-3-16(13-18)20-7-8-29-22-15-23(31-33(20)22)32-9-11-36-12-10-32/h2-8,13-15H,9-12H2,1H3,(H,30,34). The maximum atomic E-state index is 13.4. The summed E-state index contributed by atoms with van der Waals surface area (Å²) in [6.45, 7) is 2.74. The molecule has 186 valence electrons. The van der Waals surface area contributed by atoms with Crippen LogP contribution in [0.25, 0.3) is 16.9 Å². The van der Waals surface area contributed by atoms with Crippen LogP contribution in [0.1, 0.15) is 15.9 Å². The number of carbonyl (C=O) groups excluding carboxylic acids is 1. The van der Waals surface area contributed by atoms with Gasteiger partial charge in [-0.05, 0) is 36.4 Å². The molecule has 2 aromatic carbocycles. The number of nitrogens with one attached hydrogen (secondary N) is 1. The van der Waals surface area contributed by atoms with Gasteiger partial charge in [-0.25, -0.2) is 9.50 Å². The Morgan fingerprint density at radius 3 is 2.64 bits per heavy atom. The molecule has 8 nitrogen and oxygen atoms in total. The Kier molecular flexibility index (Phi) is 6.23. The molecule has 1 fully saturated rings. The van der Waals surface area contributed by atoms with Crippen LogP contribution in [0.5, 0.6) is 5.75 Å². The van der Waals surface area contributed by atoms with Crippen LogP contribution in [0.15, 0.2) is 60.8 Å². The third-order valence-electron chi connectivity index (χ3n) is 5.86. The van der Waals surface area contributed by atoms with Crippen LogP contribution in [0, 0.1) is 0 Å². The zero-order chi connectivity index (χ0) is 25.3. The average molecular weight is 497 g/mol. The van der Waals surface area contributed by atoms with Gasteiger partial charge in [0.1, 0.15) is 5.75 Å². The molecule has 1 aliphatic rings. The zero-order valence-electron chi connectivity index (χ0n) is 19.2. The first-order valence-electron chi connectivity index (χ1n) is 11.2. The molecule has 4 aromatic rings.